The molecule has 0 unspecified atom stereocenters. The van der Waals surface area contributed by atoms with Crippen LogP contribution in [0.1, 0.15) is 44.2 Å². The van der Waals surface area contributed by atoms with Crippen molar-refractivity contribution in [3.05, 3.63) is 18.0 Å². The van der Waals surface area contributed by atoms with Crippen LogP contribution >= 0.6 is 0 Å². The first-order valence-electron chi connectivity index (χ1n) is 10.2. The van der Waals surface area contributed by atoms with Crippen molar-refractivity contribution >= 4 is 28.1 Å². The molecule has 0 spiro atoms. The van der Waals surface area contributed by atoms with E-state index in [2.05, 4.69) is 20.8 Å². The fourth-order valence-corrected chi connectivity index (χ4v) is 5.35. The minimum Gasteiger partial charge on any atom is -0.483 e. The Labute approximate surface area is 176 Å². The van der Waals surface area contributed by atoms with Gasteiger partial charge in [0.15, 0.2) is 0 Å². The van der Waals surface area contributed by atoms with Gasteiger partial charge in [0.2, 0.25) is 11.8 Å². The minimum absolute atomic E-state index is 0.000239. The Balaban J connectivity index is 0.00000101. The molecule has 0 bridgehead atoms. The quantitative estimate of drug-likeness (QED) is 0.460. The molecule has 1 aliphatic heterocycles. The van der Waals surface area contributed by atoms with E-state index in [0.717, 1.165) is 37.8 Å². The molecule has 168 valence electrons. The summed E-state index contributed by atoms with van der Waals surface area (Å²) in [5.41, 5.74) is 0.997. The van der Waals surface area contributed by atoms with Crippen molar-refractivity contribution in [2.75, 3.05) is 18.1 Å². The van der Waals surface area contributed by atoms with Crippen LogP contribution in [0.25, 0.3) is 0 Å². The maximum absolute atomic E-state index is 12.4. The SMILES string of the molecule is O=C(NCCc1ccn[nH]1)C1CCC(NC(=O)C2CCS(=O)(=O)CC2)CC1.O=CO. The highest BCUT2D eigenvalue weighted by Gasteiger charge is 2.31. The molecule has 1 aliphatic carbocycles. The maximum Gasteiger partial charge on any atom is 0.290 e. The summed E-state index contributed by atoms with van der Waals surface area (Å²) in [6.45, 7) is 0.336. The number of carboxylic acid groups (broad SMARTS) is 1. The summed E-state index contributed by atoms with van der Waals surface area (Å²) >= 11 is 0. The van der Waals surface area contributed by atoms with E-state index < -0.39 is 9.84 Å². The molecule has 2 heterocycles. The summed E-state index contributed by atoms with van der Waals surface area (Å²) in [5.74, 6) is 0.0681. The highest BCUT2D eigenvalue weighted by atomic mass is 32.2. The molecule has 11 heteroatoms. The molecular formula is C19H30N4O6S. The fraction of sp³-hybridized carbons (Fsp3) is 0.684. The van der Waals surface area contributed by atoms with E-state index in [1.165, 1.54) is 0 Å². The van der Waals surface area contributed by atoms with Crippen molar-refractivity contribution in [2.24, 2.45) is 11.8 Å². The van der Waals surface area contributed by atoms with E-state index in [1.807, 2.05) is 6.07 Å². The van der Waals surface area contributed by atoms with Gasteiger partial charge in [0.05, 0.1) is 11.5 Å². The summed E-state index contributed by atoms with van der Waals surface area (Å²) in [7, 11) is -2.95. The van der Waals surface area contributed by atoms with Gasteiger partial charge < -0.3 is 15.7 Å². The first-order valence-corrected chi connectivity index (χ1v) is 12.0. The highest BCUT2D eigenvalue weighted by Crippen LogP contribution is 2.26. The normalized spacial score (nSPS) is 23.5. The predicted molar refractivity (Wildman–Crippen MR) is 109 cm³/mol. The Hall–Kier alpha value is -2.43. The average molecular weight is 443 g/mol. The zero-order valence-electron chi connectivity index (χ0n) is 16.9. The summed E-state index contributed by atoms with van der Waals surface area (Å²) < 4.78 is 23.0. The molecule has 1 aromatic heterocycles. The molecule has 1 saturated heterocycles. The summed E-state index contributed by atoms with van der Waals surface area (Å²) in [4.78, 5) is 33.0. The summed E-state index contributed by atoms with van der Waals surface area (Å²) in [6.07, 6.45) is 6.36. The molecule has 2 amide bonds. The van der Waals surface area contributed by atoms with Gasteiger partial charge in [0, 0.05) is 42.7 Å². The van der Waals surface area contributed by atoms with Gasteiger partial charge in [-0.2, -0.15) is 5.10 Å². The number of nitrogens with one attached hydrogen (secondary N) is 3. The summed E-state index contributed by atoms with van der Waals surface area (Å²) in [5, 5.41) is 19.7. The average Bonchev–Trinajstić information content (AvgIpc) is 3.22. The number of amides is 2. The molecule has 4 N–H and O–H groups in total. The number of hydrogen-bond donors (Lipinski definition) is 4. The zero-order chi connectivity index (χ0) is 22.0. The molecule has 2 aliphatic rings. The third kappa shape index (κ3) is 7.77. The van der Waals surface area contributed by atoms with E-state index in [0.29, 0.717) is 19.4 Å². The third-order valence-corrected chi connectivity index (χ3v) is 7.34. The smallest absolute Gasteiger partial charge is 0.290 e. The second-order valence-electron chi connectivity index (χ2n) is 7.71. The van der Waals surface area contributed by atoms with Gasteiger partial charge in [0.1, 0.15) is 9.84 Å². The predicted octanol–water partition coefficient (Wildman–Crippen LogP) is 0.269. The number of aromatic nitrogens is 2. The van der Waals surface area contributed by atoms with Crippen LogP contribution in [0.4, 0.5) is 0 Å². The molecule has 0 radical (unpaired) electrons. The van der Waals surface area contributed by atoms with Crippen LogP contribution in [0.5, 0.6) is 0 Å². The molecule has 1 aromatic rings. The van der Waals surface area contributed by atoms with Crippen LogP contribution in [0.3, 0.4) is 0 Å². The van der Waals surface area contributed by atoms with Gasteiger partial charge in [-0.3, -0.25) is 19.5 Å². The monoisotopic (exact) mass is 442 g/mol. The van der Waals surface area contributed by atoms with Crippen LogP contribution in [-0.4, -0.2) is 66.1 Å². The first-order chi connectivity index (χ1) is 14.3. The second kappa shape index (κ2) is 11.7. The highest BCUT2D eigenvalue weighted by molar-refractivity contribution is 7.91. The Morgan fingerprint density at radius 1 is 1.10 bits per heavy atom. The number of nitrogens with zero attached hydrogens (tertiary/aromatic N) is 1. The van der Waals surface area contributed by atoms with Gasteiger partial charge in [-0.15, -0.1) is 0 Å². The Kier molecular flexibility index (Phi) is 9.28. The molecule has 0 atom stereocenters. The van der Waals surface area contributed by atoms with E-state index in [-0.39, 0.29) is 47.7 Å². The van der Waals surface area contributed by atoms with Crippen LogP contribution in [-0.2, 0) is 30.6 Å². The van der Waals surface area contributed by atoms with Gasteiger partial charge in [-0.25, -0.2) is 8.42 Å². The van der Waals surface area contributed by atoms with E-state index in [4.69, 9.17) is 9.90 Å². The molecule has 2 fully saturated rings. The van der Waals surface area contributed by atoms with Crippen molar-refractivity contribution in [3.8, 4) is 0 Å². The van der Waals surface area contributed by atoms with Crippen LogP contribution < -0.4 is 10.6 Å². The van der Waals surface area contributed by atoms with E-state index >= 15 is 0 Å². The van der Waals surface area contributed by atoms with Crippen LogP contribution in [0.15, 0.2) is 12.3 Å². The number of sulfone groups is 1. The molecule has 30 heavy (non-hydrogen) atoms. The molecule has 1 saturated carbocycles. The number of H-pyrrole nitrogens is 1. The lowest BCUT2D eigenvalue weighted by Gasteiger charge is -2.30. The lowest BCUT2D eigenvalue weighted by molar-refractivity contribution is -0.127. The van der Waals surface area contributed by atoms with Crippen molar-refractivity contribution in [3.63, 3.8) is 0 Å². The number of rotatable bonds is 6. The van der Waals surface area contributed by atoms with Crippen molar-refractivity contribution < 1.29 is 27.9 Å². The van der Waals surface area contributed by atoms with Gasteiger partial charge in [0.25, 0.3) is 6.47 Å². The molecule has 3 rings (SSSR count). The number of carbonyl (C=O) groups is 3. The molecule has 0 aromatic carbocycles. The first kappa shape index (κ1) is 23.8. The Morgan fingerprint density at radius 3 is 2.27 bits per heavy atom. The molecule has 10 nitrogen and oxygen atoms in total. The maximum atomic E-state index is 12.4. The van der Waals surface area contributed by atoms with Crippen molar-refractivity contribution in [2.45, 2.75) is 51.0 Å². The van der Waals surface area contributed by atoms with Crippen molar-refractivity contribution in [1.82, 2.24) is 20.8 Å². The standard InChI is InChI=1S/C18H28N4O4S.CH2O2/c23-17(19-9-5-16-6-10-20-22-16)13-1-3-15(4-2-13)21-18(24)14-7-11-27(25,26)12-8-14;2-1-3/h6,10,13-15H,1-5,7-9,11-12H2,(H,19,23)(H,20,22)(H,21,24);1H,(H,2,3). The van der Waals surface area contributed by atoms with Gasteiger partial charge in [-0.05, 0) is 44.6 Å². The van der Waals surface area contributed by atoms with E-state index in [1.54, 1.807) is 6.20 Å². The van der Waals surface area contributed by atoms with Crippen molar-refractivity contribution in [1.29, 1.82) is 0 Å². The summed E-state index contributed by atoms with van der Waals surface area (Å²) in [6, 6.07) is 1.98. The Morgan fingerprint density at radius 2 is 1.70 bits per heavy atom. The lowest BCUT2D eigenvalue weighted by Crippen LogP contribution is -2.44. The largest absolute Gasteiger partial charge is 0.483 e. The minimum atomic E-state index is -2.95. The van der Waals surface area contributed by atoms with Gasteiger partial charge >= 0.3 is 0 Å². The third-order valence-electron chi connectivity index (χ3n) is 5.62. The lowest BCUT2D eigenvalue weighted by atomic mass is 9.85. The zero-order valence-corrected chi connectivity index (χ0v) is 17.7. The van der Waals surface area contributed by atoms with E-state index in [9.17, 15) is 18.0 Å². The van der Waals surface area contributed by atoms with Gasteiger partial charge in [-0.1, -0.05) is 0 Å². The van der Waals surface area contributed by atoms with Crippen LogP contribution in [0.2, 0.25) is 0 Å². The number of hydrogen-bond acceptors (Lipinski definition) is 6. The number of carbonyl (C=O) groups excluding carboxylic acids is 2. The fourth-order valence-electron chi connectivity index (χ4n) is 3.86. The van der Waals surface area contributed by atoms with Crippen LogP contribution in [0, 0.1) is 11.8 Å². The number of aromatic amines is 1. The molecular weight excluding hydrogens is 412 g/mol. The second-order valence-corrected chi connectivity index (χ2v) is 10.0. The Bertz CT molecular complexity index is 774. The topological polar surface area (TPSA) is 158 Å².